The number of hydrogen-bond acceptors (Lipinski definition) is 3. The van der Waals surface area contributed by atoms with Crippen LogP contribution in [-0.2, 0) is 14.8 Å². The summed E-state index contributed by atoms with van der Waals surface area (Å²) in [4.78, 5) is 12.0. The van der Waals surface area contributed by atoms with Gasteiger partial charge in [-0.1, -0.05) is 37.0 Å². The van der Waals surface area contributed by atoms with E-state index in [-0.39, 0.29) is 6.54 Å². The molecule has 0 unspecified atom stereocenters. The molecule has 0 fully saturated rings. The fourth-order valence-electron chi connectivity index (χ4n) is 1.75. The lowest BCUT2D eigenvalue weighted by Gasteiger charge is -2.20. The van der Waals surface area contributed by atoms with Crippen molar-refractivity contribution in [2.75, 3.05) is 24.7 Å². The minimum atomic E-state index is -3.44. The van der Waals surface area contributed by atoms with Crippen molar-refractivity contribution in [3.05, 3.63) is 28.2 Å². The maximum Gasteiger partial charge on any atom is 0.239 e. The van der Waals surface area contributed by atoms with Gasteiger partial charge in [0.05, 0.1) is 12.8 Å². The maximum absolute atomic E-state index is 12.0. The van der Waals surface area contributed by atoms with Crippen molar-refractivity contribution in [3.8, 4) is 0 Å². The molecule has 0 aliphatic heterocycles. The fraction of sp³-hybridized carbons (Fsp3) is 0.500. The van der Waals surface area contributed by atoms with E-state index in [0.717, 1.165) is 10.6 Å². The van der Waals surface area contributed by atoms with Crippen molar-refractivity contribution >= 4 is 44.8 Å². The van der Waals surface area contributed by atoms with E-state index < -0.39 is 15.9 Å². The fourth-order valence-corrected chi connectivity index (χ4v) is 3.07. The van der Waals surface area contributed by atoms with Crippen LogP contribution in [0.3, 0.4) is 0 Å². The Kier molecular flexibility index (Phi) is 7.12. The average molecular weight is 367 g/mol. The summed E-state index contributed by atoms with van der Waals surface area (Å²) in [6.45, 7) is 4.05. The van der Waals surface area contributed by atoms with Crippen LogP contribution in [0.4, 0.5) is 5.69 Å². The first kappa shape index (κ1) is 19.2. The highest BCUT2D eigenvalue weighted by molar-refractivity contribution is 7.88. The van der Waals surface area contributed by atoms with Gasteiger partial charge in [-0.3, -0.25) is 4.79 Å². The Bertz CT molecular complexity index is 613. The number of benzene rings is 1. The van der Waals surface area contributed by atoms with Crippen LogP contribution in [-0.4, -0.2) is 38.0 Å². The molecule has 0 bridgehead atoms. The maximum atomic E-state index is 12.0. The number of carbonyl (C=O) groups excluding carboxylic acids is 1. The quantitative estimate of drug-likeness (QED) is 0.805. The van der Waals surface area contributed by atoms with Crippen LogP contribution < -0.4 is 5.32 Å². The van der Waals surface area contributed by atoms with Crippen molar-refractivity contribution in [2.45, 2.75) is 20.3 Å². The summed E-state index contributed by atoms with van der Waals surface area (Å²) in [6, 6.07) is 4.64. The van der Waals surface area contributed by atoms with Crippen molar-refractivity contribution in [1.29, 1.82) is 0 Å². The summed E-state index contributed by atoms with van der Waals surface area (Å²) in [6.07, 6.45) is 1.78. The topological polar surface area (TPSA) is 66.5 Å². The minimum Gasteiger partial charge on any atom is -0.325 e. The highest BCUT2D eigenvalue weighted by Gasteiger charge is 2.20. The molecule has 0 saturated heterocycles. The van der Waals surface area contributed by atoms with Crippen LogP contribution in [0.2, 0.25) is 10.0 Å². The molecular weight excluding hydrogens is 347 g/mol. The van der Waals surface area contributed by atoms with Crippen LogP contribution in [0, 0.1) is 5.92 Å². The largest absolute Gasteiger partial charge is 0.325 e. The monoisotopic (exact) mass is 366 g/mol. The minimum absolute atomic E-state index is 0.240. The molecule has 0 aromatic heterocycles. The number of amides is 1. The Hall–Kier alpha value is -0.820. The third kappa shape index (κ3) is 6.96. The van der Waals surface area contributed by atoms with Crippen LogP contribution in [0.5, 0.6) is 0 Å². The number of rotatable bonds is 7. The van der Waals surface area contributed by atoms with Crippen LogP contribution >= 0.6 is 23.2 Å². The smallest absolute Gasteiger partial charge is 0.239 e. The molecule has 0 atom stereocenters. The second-order valence-electron chi connectivity index (χ2n) is 5.49. The Balaban J connectivity index is 2.74. The first-order chi connectivity index (χ1) is 10.1. The zero-order valence-electron chi connectivity index (χ0n) is 12.8. The van der Waals surface area contributed by atoms with Crippen molar-refractivity contribution < 1.29 is 13.2 Å². The second-order valence-corrected chi connectivity index (χ2v) is 8.34. The molecule has 1 rings (SSSR count). The van der Waals surface area contributed by atoms with E-state index in [4.69, 9.17) is 23.2 Å². The number of nitrogens with zero attached hydrogens (tertiary/aromatic N) is 1. The summed E-state index contributed by atoms with van der Waals surface area (Å²) >= 11 is 11.7. The number of carbonyl (C=O) groups is 1. The third-order valence-electron chi connectivity index (χ3n) is 2.89. The number of anilines is 1. The predicted molar refractivity (Wildman–Crippen MR) is 91.0 cm³/mol. The zero-order valence-corrected chi connectivity index (χ0v) is 15.1. The molecule has 124 valence electrons. The normalized spacial score (nSPS) is 12.0. The molecule has 0 aliphatic carbocycles. The first-order valence-electron chi connectivity index (χ1n) is 6.79. The lowest BCUT2D eigenvalue weighted by Crippen LogP contribution is -2.38. The molecule has 1 amide bonds. The molecule has 1 aromatic rings. The molecule has 22 heavy (non-hydrogen) atoms. The average Bonchev–Trinajstić information content (AvgIpc) is 2.31. The van der Waals surface area contributed by atoms with E-state index >= 15 is 0 Å². The lowest BCUT2D eigenvalue weighted by molar-refractivity contribution is -0.116. The van der Waals surface area contributed by atoms with Gasteiger partial charge >= 0.3 is 0 Å². The lowest BCUT2D eigenvalue weighted by atomic mass is 10.1. The summed E-state index contributed by atoms with van der Waals surface area (Å²) in [7, 11) is -3.44. The Morgan fingerprint density at radius 1 is 1.23 bits per heavy atom. The van der Waals surface area contributed by atoms with Gasteiger partial charge in [0.15, 0.2) is 0 Å². The molecule has 8 heteroatoms. The van der Waals surface area contributed by atoms with Gasteiger partial charge < -0.3 is 5.32 Å². The van der Waals surface area contributed by atoms with E-state index in [9.17, 15) is 13.2 Å². The van der Waals surface area contributed by atoms with Gasteiger partial charge in [0.2, 0.25) is 15.9 Å². The molecule has 0 heterocycles. The summed E-state index contributed by atoms with van der Waals surface area (Å²) in [5, 5.41) is 3.38. The second kappa shape index (κ2) is 8.15. The summed E-state index contributed by atoms with van der Waals surface area (Å²) in [5.74, 6) is -0.0911. The third-order valence-corrected chi connectivity index (χ3v) is 4.58. The van der Waals surface area contributed by atoms with Gasteiger partial charge in [-0.05, 0) is 30.5 Å². The first-order valence-corrected chi connectivity index (χ1v) is 9.39. The highest BCUT2D eigenvalue weighted by atomic mass is 35.5. The molecule has 5 nitrogen and oxygen atoms in total. The Morgan fingerprint density at radius 3 is 2.23 bits per heavy atom. The molecule has 0 spiro atoms. The molecule has 1 N–H and O–H groups in total. The number of hydrogen-bond donors (Lipinski definition) is 1. The summed E-state index contributed by atoms with van der Waals surface area (Å²) in [5.41, 5.74) is 0.430. The zero-order chi connectivity index (χ0) is 16.9. The molecule has 0 saturated carbocycles. The predicted octanol–water partition coefficient (Wildman–Crippen LogP) is 3.24. The van der Waals surface area contributed by atoms with E-state index in [1.165, 1.54) is 0 Å². The highest BCUT2D eigenvalue weighted by Crippen LogP contribution is 2.22. The van der Waals surface area contributed by atoms with Crippen LogP contribution in [0.25, 0.3) is 0 Å². The van der Waals surface area contributed by atoms with Crippen molar-refractivity contribution in [1.82, 2.24) is 4.31 Å². The van der Waals surface area contributed by atoms with Crippen LogP contribution in [0.15, 0.2) is 18.2 Å². The summed E-state index contributed by atoms with van der Waals surface area (Å²) < 4.78 is 24.6. The number of sulfonamides is 1. The Morgan fingerprint density at radius 2 is 1.77 bits per heavy atom. The van der Waals surface area contributed by atoms with Gasteiger partial charge in [0, 0.05) is 22.3 Å². The molecule has 0 aliphatic rings. The number of halogens is 2. The van der Waals surface area contributed by atoms with Gasteiger partial charge in [-0.15, -0.1) is 0 Å². The standard InChI is InChI=1S/C14H20Cl2N2O3S/c1-10(2)4-5-18(22(3,20)21)9-14(19)17-13-7-11(15)6-12(16)8-13/h6-8,10H,4-5,9H2,1-3H3,(H,17,19). The molecule has 1 aromatic carbocycles. The SMILES string of the molecule is CC(C)CCN(CC(=O)Nc1cc(Cl)cc(Cl)c1)S(C)(=O)=O. The van der Waals surface area contributed by atoms with Crippen molar-refractivity contribution in [3.63, 3.8) is 0 Å². The van der Waals surface area contributed by atoms with Gasteiger partial charge in [-0.25, -0.2) is 8.42 Å². The van der Waals surface area contributed by atoms with E-state index in [0.29, 0.717) is 34.6 Å². The van der Waals surface area contributed by atoms with Gasteiger partial charge in [-0.2, -0.15) is 4.31 Å². The number of nitrogens with one attached hydrogen (secondary N) is 1. The molecule has 0 radical (unpaired) electrons. The van der Waals surface area contributed by atoms with Gasteiger partial charge in [0.25, 0.3) is 0 Å². The molecular formula is C14H20Cl2N2O3S. The van der Waals surface area contributed by atoms with Crippen molar-refractivity contribution in [2.24, 2.45) is 5.92 Å². The van der Waals surface area contributed by atoms with Crippen LogP contribution in [0.1, 0.15) is 20.3 Å². The van der Waals surface area contributed by atoms with E-state index in [1.54, 1.807) is 18.2 Å². The van der Waals surface area contributed by atoms with Gasteiger partial charge in [0.1, 0.15) is 0 Å². The van der Waals surface area contributed by atoms with E-state index in [1.807, 2.05) is 13.8 Å². The Labute approximate surface area is 141 Å². The van der Waals surface area contributed by atoms with E-state index in [2.05, 4.69) is 5.32 Å².